The fourth-order valence-electron chi connectivity index (χ4n) is 2.33. The van der Waals surface area contributed by atoms with Gasteiger partial charge in [0.05, 0.1) is 6.54 Å². The Kier molecular flexibility index (Phi) is 3.73. The molecule has 2 rings (SSSR count). The number of hydrogen-bond donors (Lipinski definition) is 0. The fourth-order valence-corrected chi connectivity index (χ4v) is 2.33. The van der Waals surface area contributed by atoms with Crippen LogP contribution in [0.2, 0.25) is 0 Å². The van der Waals surface area contributed by atoms with Crippen LogP contribution in [0.5, 0.6) is 0 Å². The molecule has 0 saturated carbocycles. The highest BCUT2D eigenvalue weighted by Gasteiger charge is 2.24. The van der Waals surface area contributed by atoms with Gasteiger partial charge in [-0.15, -0.1) is 0 Å². The van der Waals surface area contributed by atoms with Crippen molar-refractivity contribution in [2.45, 2.75) is 25.7 Å². The molecule has 16 heavy (non-hydrogen) atoms. The highest BCUT2D eigenvalue weighted by Crippen LogP contribution is 2.26. The quantitative estimate of drug-likeness (QED) is 0.772. The average molecular weight is 217 g/mol. The molecular formula is C14H19NO. The van der Waals surface area contributed by atoms with E-state index in [1.54, 1.807) is 0 Å². The summed E-state index contributed by atoms with van der Waals surface area (Å²) in [5.74, 6) is 0.972. The largest absolute Gasteiger partial charge is 0.298 e. The number of Topliss-reactive ketones (excluding diaryl/α,β-unsaturated/α-hetero) is 1. The second-order valence-corrected chi connectivity index (χ2v) is 4.52. The Morgan fingerprint density at radius 1 is 1.38 bits per heavy atom. The topological polar surface area (TPSA) is 20.3 Å². The molecule has 1 fully saturated rings. The van der Waals surface area contributed by atoms with E-state index in [2.05, 4.69) is 35.2 Å². The van der Waals surface area contributed by atoms with Crippen LogP contribution in [0.1, 0.15) is 31.2 Å². The van der Waals surface area contributed by atoms with Crippen LogP contribution in [0.15, 0.2) is 30.3 Å². The molecule has 0 aromatic heterocycles. The number of likely N-dealkylation sites (tertiary alicyclic amines) is 1. The number of carbonyl (C=O) groups is 1. The van der Waals surface area contributed by atoms with Gasteiger partial charge < -0.3 is 0 Å². The Hall–Kier alpha value is -1.15. The van der Waals surface area contributed by atoms with Crippen LogP contribution < -0.4 is 0 Å². The van der Waals surface area contributed by atoms with Gasteiger partial charge in [-0.3, -0.25) is 9.69 Å². The van der Waals surface area contributed by atoms with E-state index >= 15 is 0 Å². The molecule has 1 atom stereocenters. The Balaban J connectivity index is 1.91. The predicted octanol–water partition coefficient (Wildman–Crippen LogP) is 2.46. The summed E-state index contributed by atoms with van der Waals surface area (Å²) >= 11 is 0. The third-order valence-corrected chi connectivity index (χ3v) is 3.34. The molecule has 1 heterocycles. The van der Waals surface area contributed by atoms with E-state index in [4.69, 9.17) is 0 Å². The molecule has 1 unspecified atom stereocenters. The van der Waals surface area contributed by atoms with E-state index in [0.29, 0.717) is 24.7 Å². The molecule has 0 N–H and O–H groups in total. The summed E-state index contributed by atoms with van der Waals surface area (Å²) in [6, 6.07) is 10.6. The summed E-state index contributed by atoms with van der Waals surface area (Å²) in [6.45, 7) is 4.67. The van der Waals surface area contributed by atoms with Crippen molar-refractivity contribution in [2.24, 2.45) is 0 Å². The summed E-state index contributed by atoms with van der Waals surface area (Å²) in [7, 11) is 0. The van der Waals surface area contributed by atoms with Gasteiger partial charge in [-0.25, -0.2) is 0 Å². The molecule has 86 valence electrons. The maximum Gasteiger partial charge on any atom is 0.146 e. The first-order valence-electron chi connectivity index (χ1n) is 6.08. The van der Waals surface area contributed by atoms with Gasteiger partial charge in [-0.05, 0) is 24.4 Å². The lowest BCUT2D eigenvalue weighted by Gasteiger charge is -2.14. The van der Waals surface area contributed by atoms with E-state index in [1.807, 2.05) is 6.92 Å². The Labute approximate surface area is 97.3 Å². The lowest BCUT2D eigenvalue weighted by atomic mass is 9.99. The molecule has 1 aliphatic heterocycles. The number of nitrogens with zero attached hydrogens (tertiary/aromatic N) is 1. The van der Waals surface area contributed by atoms with Crippen molar-refractivity contribution in [1.82, 2.24) is 4.90 Å². The van der Waals surface area contributed by atoms with Crippen molar-refractivity contribution in [2.75, 3.05) is 19.6 Å². The zero-order chi connectivity index (χ0) is 11.4. The van der Waals surface area contributed by atoms with E-state index in [0.717, 1.165) is 13.1 Å². The monoisotopic (exact) mass is 217 g/mol. The second kappa shape index (κ2) is 5.26. The summed E-state index contributed by atoms with van der Waals surface area (Å²) in [4.78, 5) is 13.7. The molecule has 1 saturated heterocycles. The fraction of sp³-hybridized carbons (Fsp3) is 0.500. The highest BCUT2D eigenvalue weighted by molar-refractivity contribution is 5.80. The van der Waals surface area contributed by atoms with Gasteiger partial charge in [0.1, 0.15) is 5.78 Å². The molecule has 0 bridgehead atoms. The normalized spacial score (nSPS) is 21.2. The van der Waals surface area contributed by atoms with Crippen molar-refractivity contribution in [1.29, 1.82) is 0 Å². The van der Waals surface area contributed by atoms with Crippen LogP contribution in [0.25, 0.3) is 0 Å². The van der Waals surface area contributed by atoms with Crippen molar-refractivity contribution in [3.8, 4) is 0 Å². The van der Waals surface area contributed by atoms with Gasteiger partial charge in [0, 0.05) is 13.0 Å². The smallest absolute Gasteiger partial charge is 0.146 e. The van der Waals surface area contributed by atoms with Gasteiger partial charge in [0.25, 0.3) is 0 Å². The van der Waals surface area contributed by atoms with Crippen molar-refractivity contribution in [3.63, 3.8) is 0 Å². The summed E-state index contributed by atoms with van der Waals surface area (Å²) < 4.78 is 0. The molecule has 0 aliphatic carbocycles. The number of ketones is 1. The first kappa shape index (κ1) is 11.3. The predicted molar refractivity (Wildman–Crippen MR) is 65.5 cm³/mol. The molecule has 0 amide bonds. The first-order chi connectivity index (χ1) is 7.79. The Morgan fingerprint density at radius 3 is 2.81 bits per heavy atom. The lowest BCUT2D eigenvalue weighted by Crippen LogP contribution is -2.27. The van der Waals surface area contributed by atoms with E-state index in [-0.39, 0.29) is 0 Å². The van der Waals surface area contributed by atoms with Crippen LogP contribution in [-0.4, -0.2) is 30.3 Å². The third-order valence-electron chi connectivity index (χ3n) is 3.34. The number of carbonyl (C=O) groups excluding carboxylic acids is 1. The van der Waals surface area contributed by atoms with Crippen LogP contribution in [-0.2, 0) is 4.79 Å². The Bertz CT molecular complexity index is 347. The van der Waals surface area contributed by atoms with Gasteiger partial charge in [-0.1, -0.05) is 37.3 Å². The molecular weight excluding hydrogens is 198 g/mol. The van der Waals surface area contributed by atoms with Gasteiger partial charge in [0.2, 0.25) is 0 Å². The minimum absolute atomic E-state index is 0.355. The molecule has 0 spiro atoms. The number of rotatable bonds is 4. The molecule has 1 aromatic carbocycles. The standard InChI is InChI=1S/C14H19NO/c1-2-14(16)11-15-9-8-13(10-15)12-6-4-3-5-7-12/h3-7,13H,2,8-11H2,1H3. The highest BCUT2D eigenvalue weighted by atomic mass is 16.1. The third kappa shape index (κ3) is 2.70. The minimum atomic E-state index is 0.355. The molecule has 1 aliphatic rings. The van der Waals surface area contributed by atoms with Crippen LogP contribution >= 0.6 is 0 Å². The minimum Gasteiger partial charge on any atom is -0.298 e. The van der Waals surface area contributed by atoms with E-state index in [1.165, 1.54) is 12.0 Å². The number of benzene rings is 1. The number of hydrogen-bond acceptors (Lipinski definition) is 2. The van der Waals surface area contributed by atoms with E-state index < -0.39 is 0 Å². The zero-order valence-electron chi connectivity index (χ0n) is 9.86. The molecule has 0 radical (unpaired) electrons. The van der Waals surface area contributed by atoms with Crippen molar-refractivity contribution >= 4 is 5.78 Å². The first-order valence-corrected chi connectivity index (χ1v) is 6.08. The molecule has 2 nitrogen and oxygen atoms in total. The zero-order valence-corrected chi connectivity index (χ0v) is 9.86. The molecule has 2 heteroatoms. The second-order valence-electron chi connectivity index (χ2n) is 4.52. The van der Waals surface area contributed by atoms with Gasteiger partial charge >= 0.3 is 0 Å². The van der Waals surface area contributed by atoms with Crippen LogP contribution in [0, 0.1) is 0 Å². The maximum atomic E-state index is 11.4. The molecule has 1 aromatic rings. The lowest BCUT2D eigenvalue weighted by molar-refractivity contribution is -0.119. The summed E-state index contributed by atoms with van der Waals surface area (Å²) in [5.41, 5.74) is 1.41. The summed E-state index contributed by atoms with van der Waals surface area (Å²) in [6.07, 6.45) is 1.84. The van der Waals surface area contributed by atoms with Crippen molar-refractivity contribution in [3.05, 3.63) is 35.9 Å². The maximum absolute atomic E-state index is 11.4. The SMILES string of the molecule is CCC(=O)CN1CCC(c2ccccc2)C1. The Morgan fingerprint density at radius 2 is 2.12 bits per heavy atom. The van der Waals surface area contributed by atoms with Crippen molar-refractivity contribution < 1.29 is 4.79 Å². The van der Waals surface area contributed by atoms with Crippen LogP contribution in [0.4, 0.5) is 0 Å². The average Bonchev–Trinajstić information content (AvgIpc) is 2.78. The van der Waals surface area contributed by atoms with Gasteiger partial charge in [0.15, 0.2) is 0 Å². The van der Waals surface area contributed by atoms with Crippen LogP contribution in [0.3, 0.4) is 0 Å². The van der Waals surface area contributed by atoms with Gasteiger partial charge in [-0.2, -0.15) is 0 Å². The summed E-state index contributed by atoms with van der Waals surface area (Å²) in [5, 5.41) is 0. The van der Waals surface area contributed by atoms with E-state index in [9.17, 15) is 4.79 Å².